The van der Waals surface area contributed by atoms with Crippen LogP contribution in [-0.2, 0) is 9.47 Å². The third-order valence-corrected chi connectivity index (χ3v) is 4.15. The zero-order valence-corrected chi connectivity index (χ0v) is 13.1. The fourth-order valence-corrected chi connectivity index (χ4v) is 3.30. The van der Waals surface area contributed by atoms with Crippen molar-refractivity contribution >= 4 is 17.4 Å². The first-order valence-electron chi connectivity index (χ1n) is 7.19. The Kier molecular flexibility index (Phi) is 4.19. The minimum Gasteiger partial charge on any atom is -0.467 e. The highest BCUT2D eigenvalue weighted by atomic mass is 35.5. The summed E-state index contributed by atoms with van der Waals surface area (Å²) in [7, 11) is 1.55. The molecule has 1 aromatic heterocycles. The summed E-state index contributed by atoms with van der Waals surface area (Å²) in [5, 5.41) is 0.525. The van der Waals surface area contributed by atoms with Crippen molar-refractivity contribution in [1.29, 1.82) is 0 Å². The number of aromatic nitrogens is 2. The van der Waals surface area contributed by atoms with Crippen LogP contribution in [0, 0.1) is 0 Å². The van der Waals surface area contributed by atoms with Crippen LogP contribution in [0.3, 0.4) is 0 Å². The molecule has 1 spiro atoms. The van der Waals surface area contributed by atoms with Crippen molar-refractivity contribution in [3.63, 3.8) is 0 Å². The third kappa shape index (κ3) is 3.07. The topological polar surface area (TPSA) is 56.7 Å². The second-order valence-electron chi connectivity index (χ2n) is 5.68. The molecule has 0 saturated carbocycles. The lowest BCUT2D eigenvalue weighted by atomic mass is 9.93. The Balaban J connectivity index is 1.87. The molecule has 116 valence electrons. The minimum absolute atomic E-state index is 0.0949. The van der Waals surface area contributed by atoms with Crippen molar-refractivity contribution in [3.8, 4) is 6.01 Å². The van der Waals surface area contributed by atoms with Gasteiger partial charge in [0.05, 0.1) is 32.6 Å². The summed E-state index contributed by atoms with van der Waals surface area (Å²) in [6, 6.07) is 0.322. The SMILES string of the molecule is COc1ncc(Cl)c(N2C[C@@H](C)O[C@]3(CCCOC3)C2)n1. The maximum Gasteiger partial charge on any atom is 0.318 e. The molecule has 2 aliphatic rings. The van der Waals surface area contributed by atoms with Gasteiger partial charge in [-0.05, 0) is 19.8 Å². The normalized spacial score (nSPS) is 29.7. The minimum atomic E-state index is -0.266. The van der Waals surface area contributed by atoms with E-state index in [1.807, 2.05) is 0 Å². The molecule has 1 aromatic rings. The highest BCUT2D eigenvalue weighted by Gasteiger charge is 2.42. The van der Waals surface area contributed by atoms with Crippen molar-refractivity contribution in [3.05, 3.63) is 11.2 Å². The highest BCUT2D eigenvalue weighted by molar-refractivity contribution is 6.32. The maximum absolute atomic E-state index is 6.27. The van der Waals surface area contributed by atoms with Gasteiger partial charge in [0.15, 0.2) is 5.82 Å². The monoisotopic (exact) mass is 313 g/mol. The van der Waals surface area contributed by atoms with E-state index in [2.05, 4.69) is 21.8 Å². The Bertz CT molecular complexity index is 508. The molecule has 0 radical (unpaired) electrons. The van der Waals surface area contributed by atoms with Crippen molar-refractivity contribution in [2.75, 3.05) is 38.3 Å². The van der Waals surface area contributed by atoms with Crippen LogP contribution in [0.1, 0.15) is 19.8 Å². The summed E-state index contributed by atoms with van der Waals surface area (Å²) in [6.07, 6.45) is 3.68. The van der Waals surface area contributed by atoms with E-state index in [9.17, 15) is 0 Å². The molecule has 0 N–H and O–H groups in total. The van der Waals surface area contributed by atoms with Gasteiger partial charge in [-0.1, -0.05) is 11.6 Å². The maximum atomic E-state index is 6.27. The van der Waals surface area contributed by atoms with Crippen molar-refractivity contribution in [1.82, 2.24) is 9.97 Å². The zero-order chi connectivity index (χ0) is 14.9. The molecule has 0 bridgehead atoms. The second kappa shape index (κ2) is 5.94. The van der Waals surface area contributed by atoms with Crippen molar-refractivity contribution in [2.45, 2.75) is 31.5 Å². The van der Waals surface area contributed by atoms with E-state index in [0.717, 1.165) is 32.5 Å². The van der Waals surface area contributed by atoms with E-state index in [0.29, 0.717) is 23.5 Å². The first-order chi connectivity index (χ1) is 10.1. The number of ether oxygens (including phenoxy) is 3. The Hall–Kier alpha value is -1.11. The first kappa shape index (κ1) is 14.8. The predicted molar refractivity (Wildman–Crippen MR) is 79.1 cm³/mol. The van der Waals surface area contributed by atoms with Crippen LogP contribution in [0.4, 0.5) is 5.82 Å². The van der Waals surface area contributed by atoms with Gasteiger partial charge in [0.25, 0.3) is 0 Å². The summed E-state index contributed by atoms with van der Waals surface area (Å²) < 4.78 is 16.9. The number of hydrogen-bond donors (Lipinski definition) is 0. The molecule has 3 rings (SSSR count). The van der Waals surface area contributed by atoms with Crippen molar-refractivity contribution < 1.29 is 14.2 Å². The van der Waals surface area contributed by atoms with Gasteiger partial charge in [0.1, 0.15) is 10.6 Å². The Morgan fingerprint density at radius 2 is 2.38 bits per heavy atom. The fraction of sp³-hybridized carbons (Fsp3) is 0.714. The number of rotatable bonds is 2. The molecule has 2 saturated heterocycles. The molecule has 2 aliphatic heterocycles. The summed E-state index contributed by atoms with van der Waals surface area (Å²) in [6.45, 7) is 4.95. The van der Waals surface area contributed by atoms with Crippen LogP contribution in [0.15, 0.2) is 6.20 Å². The van der Waals surface area contributed by atoms with Crippen LogP contribution < -0.4 is 9.64 Å². The lowest BCUT2D eigenvalue weighted by molar-refractivity contribution is -0.160. The summed E-state index contributed by atoms with van der Waals surface area (Å²) in [5.74, 6) is 0.698. The fourth-order valence-electron chi connectivity index (χ4n) is 3.09. The lowest BCUT2D eigenvalue weighted by Crippen LogP contribution is -2.59. The summed E-state index contributed by atoms with van der Waals surface area (Å²) in [4.78, 5) is 10.6. The van der Waals surface area contributed by atoms with Crippen LogP contribution >= 0.6 is 11.6 Å². The summed E-state index contributed by atoms with van der Waals surface area (Å²) in [5.41, 5.74) is -0.266. The predicted octanol–water partition coefficient (Wildman–Crippen LogP) is 1.91. The summed E-state index contributed by atoms with van der Waals surface area (Å²) >= 11 is 6.27. The van der Waals surface area contributed by atoms with E-state index in [-0.39, 0.29) is 11.7 Å². The van der Waals surface area contributed by atoms with Crippen molar-refractivity contribution in [2.24, 2.45) is 0 Å². The number of halogens is 1. The largest absolute Gasteiger partial charge is 0.467 e. The Labute approximate surface area is 129 Å². The van der Waals surface area contributed by atoms with Gasteiger partial charge in [-0.25, -0.2) is 4.98 Å². The number of morpholine rings is 1. The molecule has 0 amide bonds. The van der Waals surface area contributed by atoms with Gasteiger partial charge in [0, 0.05) is 13.2 Å². The molecule has 0 aliphatic carbocycles. The third-order valence-electron chi connectivity index (χ3n) is 3.88. The lowest BCUT2D eigenvalue weighted by Gasteiger charge is -2.47. The van der Waals surface area contributed by atoms with E-state index >= 15 is 0 Å². The van der Waals surface area contributed by atoms with Crippen LogP contribution in [0.5, 0.6) is 6.01 Å². The van der Waals surface area contributed by atoms with Gasteiger partial charge in [-0.2, -0.15) is 4.98 Å². The van der Waals surface area contributed by atoms with Gasteiger partial charge in [0.2, 0.25) is 0 Å². The number of hydrogen-bond acceptors (Lipinski definition) is 6. The van der Waals surface area contributed by atoms with E-state index in [4.69, 9.17) is 25.8 Å². The Morgan fingerprint density at radius 1 is 1.52 bits per heavy atom. The smallest absolute Gasteiger partial charge is 0.318 e. The highest BCUT2D eigenvalue weighted by Crippen LogP contribution is 2.34. The van der Waals surface area contributed by atoms with E-state index in [1.54, 1.807) is 13.3 Å². The quantitative estimate of drug-likeness (QED) is 0.831. The molecule has 2 fully saturated rings. The van der Waals surface area contributed by atoms with E-state index < -0.39 is 0 Å². The van der Waals surface area contributed by atoms with Gasteiger partial charge in [-0.3, -0.25) is 0 Å². The molecule has 3 heterocycles. The first-order valence-corrected chi connectivity index (χ1v) is 7.57. The molecular formula is C14H20ClN3O3. The zero-order valence-electron chi connectivity index (χ0n) is 12.3. The molecule has 2 atom stereocenters. The molecular weight excluding hydrogens is 294 g/mol. The number of anilines is 1. The molecule has 0 unspecified atom stereocenters. The average molecular weight is 314 g/mol. The standard InChI is InChI=1S/C14H20ClN3O3/c1-10-7-18(8-14(21-10)4-3-5-20-9-14)12-11(15)6-16-13(17-12)19-2/h6,10H,3-5,7-9H2,1-2H3/t10-,14-/m1/s1. The molecule has 0 aromatic carbocycles. The van der Waals surface area contributed by atoms with E-state index in [1.165, 1.54) is 0 Å². The van der Waals surface area contributed by atoms with Crippen LogP contribution in [0.25, 0.3) is 0 Å². The second-order valence-corrected chi connectivity index (χ2v) is 6.08. The molecule has 21 heavy (non-hydrogen) atoms. The molecule has 6 nitrogen and oxygen atoms in total. The average Bonchev–Trinajstić information content (AvgIpc) is 2.47. The van der Waals surface area contributed by atoms with Crippen LogP contribution in [0.2, 0.25) is 5.02 Å². The van der Waals surface area contributed by atoms with Gasteiger partial charge in [-0.15, -0.1) is 0 Å². The molecule has 7 heteroatoms. The van der Waals surface area contributed by atoms with Gasteiger partial charge < -0.3 is 19.1 Å². The van der Waals surface area contributed by atoms with Gasteiger partial charge >= 0.3 is 6.01 Å². The van der Waals surface area contributed by atoms with Crippen LogP contribution in [-0.4, -0.2) is 55.1 Å². The Morgan fingerprint density at radius 3 is 3.10 bits per heavy atom. The number of methoxy groups -OCH3 is 1. The number of nitrogens with zero attached hydrogens (tertiary/aromatic N) is 3.